The fourth-order valence-corrected chi connectivity index (χ4v) is 2.28. The highest BCUT2D eigenvalue weighted by atomic mass is 35.5. The van der Waals surface area contributed by atoms with Crippen LogP contribution in [0.2, 0.25) is 5.02 Å². The molecule has 9 heteroatoms. The standard InChI is InChI=1S/C14H13ClN6O2/c1-7-11(12(22)21-13(16-7)17-8(2)20-21)19-14(23)18-10-6-4-3-5-9(10)15/h3-6H,1-2H3,(H,16,17,20)(H2,18,19,23). The maximum absolute atomic E-state index is 12.4. The monoisotopic (exact) mass is 332 g/mol. The van der Waals surface area contributed by atoms with Gasteiger partial charge >= 0.3 is 6.03 Å². The quantitative estimate of drug-likeness (QED) is 0.670. The topological polar surface area (TPSA) is 104 Å². The number of amides is 2. The molecule has 0 aliphatic rings. The second-order valence-electron chi connectivity index (χ2n) is 4.88. The van der Waals surface area contributed by atoms with E-state index in [1.54, 1.807) is 38.1 Å². The second kappa shape index (κ2) is 5.73. The van der Waals surface area contributed by atoms with Crippen LogP contribution in [-0.4, -0.2) is 25.6 Å². The predicted octanol–water partition coefficient (Wildman–Crippen LogP) is 2.33. The number of aryl methyl sites for hydroxylation is 2. The summed E-state index contributed by atoms with van der Waals surface area (Å²) >= 11 is 5.98. The van der Waals surface area contributed by atoms with E-state index in [4.69, 9.17) is 11.6 Å². The van der Waals surface area contributed by atoms with Gasteiger partial charge < -0.3 is 10.6 Å². The first kappa shape index (κ1) is 15.0. The number of nitrogens with one attached hydrogen (secondary N) is 3. The maximum Gasteiger partial charge on any atom is 0.323 e. The Morgan fingerprint density at radius 3 is 2.70 bits per heavy atom. The molecule has 0 spiro atoms. The minimum Gasteiger partial charge on any atom is -0.306 e. The fraction of sp³-hybridized carbons (Fsp3) is 0.143. The number of hydrogen-bond acceptors (Lipinski definition) is 4. The number of rotatable bonds is 2. The summed E-state index contributed by atoms with van der Waals surface area (Å²) in [6.07, 6.45) is 0. The van der Waals surface area contributed by atoms with E-state index in [2.05, 4.69) is 25.7 Å². The van der Waals surface area contributed by atoms with Crippen molar-refractivity contribution >= 4 is 34.8 Å². The van der Waals surface area contributed by atoms with Crippen molar-refractivity contribution in [2.45, 2.75) is 13.8 Å². The van der Waals surface area contributed by atoms with E-state index in [0.717, 1.165) is 0 Å². The Labute approximate surface area is 135 Å². The van der Waals surface area contributed by atoms with Crippen LogP contribution in [0.4, 0.5) is 16.2 Å². The van der Waals surface area contributed by atoms with Crippen LogP contribution in [0.25, 0.3) is 5.78 Å². The smallest absolute Gasteiger partial charge is 0.306 e. The number of aromatic amines is 1. The number of carbonyl (C=O) groups is 1. The van der Waals surface area contributed by atoms with Crippen molar-refractivity contribution in [3.63, 3.8) is 0 Å². The lowest BCUT2D eigenvalue weighted by molar-refractivity contribution is 0.262. The van der Waals surface area contributed by atoms with Gasteiger partial charge in [0.2, 0.25) is 0 Å². The average Bonchev–Trinajstić information content (AvgIpc) is 2.86. The molecule has 2 heterocycles. The molecule has 0 saturated carbocycles. The first-order chi connectivity index (χ1) is 11.0. The number of halogens is 1. The Morgan fingerprint density at radius 2 is 1.96 bits per heavy atom. The highest BCUT2D eigenvalue weighted by Gasteiger charge is 2.15. The van der Waals surface area contributed by atoms with Crippen molar-refractivity contribution in [3.8, 4) is 0 Å². The van der Waals surface area contributed by atoms with Crippen LogP contribution in [0.3, 0.4) is 0 Å². The Bertz CT molecular complexity index is 962. The molecule has 0 radical (unpaired) electrons. The molecule has 0 saturated heterocycles. The Kier molecular flexibility index (Phi) is 3.75. The van der Waals surface area contributed by atoms with E-state index in [0.29, 0.717) is 22.2 Å². The van der Waals surface area contributed by atoms with Crippen LogP contribution >= 0.6 is 11.6 Å². The van der Waals surface area contributed by atoms with Crippen LogP contribution in [0, 0.1) is 13.8 Å². The maximum atomic E-state index is 12.4. The van der Waals surface area contributed by atoms with Gasteiger partial charge in [-0.3, -0.25) is 9.89 Å². The summed E-state index contributed by atoms with van der Waals surface area (Å²) in [6.45, 7) is 3.33. The minimum absolute atomic E-state index is 0.0655. The summed E-state index contributed by atoms with van der Waals surface area (Å²) in [5, 5.41) is 8.25. The van der Waals surface area contributed by atoms with Gasteiger partial charge in [0, 0.05) is 0 Å². The Hall–Kier alpha value is -2.87. The molecule has 0 aliphatic heterocycles. The zero-order chi connectivity index (χ0) is 16.6. The molecule has 23 heavy (non-hydrogen) atoms. The molecule has 118 valence electrons. The molecule has 8 nitrogen and oxygen atoms in total. The largest absolute Gasteiger partial charge is 0.323 e. The van der Waals surface area contributed by atoms with Crippen molar-refractivity contribution in [1.29, 1.82) is 0 Å². The molecule has 0 atom stereocenters. The summed E-state index contributed by atoms with van der Waals surface area (Å²) < 4.78 is 1.17. The number of carbonyl (C=O) groups excluding carboxylic acids is 1. The predicted molar refractivity (Wildman–Crippen MR) is 87.2 cm³/mol. The number of hydrogen-bond donors (Lipinski definition) is 3. The molecule has 0 fully saturated rings. The lowest BCUT2D eigenvalue weighted by Crippen LogP contribution is -2.28. The third kappa shape index (κ3) is 2.88. The second-order valence-corrected chi connectivity index (χ2v) is 5.29. The van der Waals surface area contributed by atoms with Gasteiger partial charge in [0.05, 0.1) is 16.4 Å². The molecule has 2 aromatic heterocycles. The highest BCUT2D eigenvalue weighted by Crippen LogP contribution is 2.20. The molecule has 3 aromatic rings. The minimum atomic E-state index is -0.587. The van der Waals surface area contributed by atoms with Gasteiger partial charge in [0.25, 0.3) is 11.3 Å². The van der Waals surface area contributed by atoms with E-state index < -0.39 is 11.6 Å². The van der Waals surface area contributed by atoms with Crippen LogP contribution < -0.4 is 16.2 Å². The van der Waals surface area contributed by atoms with E-state index in [9.17, 15) is 9.59 Å². The number of anilines is 2. The normalized spacial score (nSPS) is 10.7. The Morgan fingerprint density at radius 1 is 1.22 bits per heavy atom. The first-order valence-corrected chi connectivity index (χ1v) is 7.12. The van der Waals surface area contributed by atoms with Crippen LogP contribution in [0.1, 0.15) is 11.5 Å². The summed E-state index contributed by atoms with van der Waals surface area (Å²) in [5.74, 6) is 0.800. The van der Waals surface area contributed by atoms with E-state index >= 15 is 0 Å². The van der Waals surface area contributed by atoms with E-state index in [-0.39, 0.29) is 11.5 Å². The van der Waals surface area contributed by atoms with Crippen molar-refractivity contribution < 1.29 is 4.79 Å². The van der Waals surface area contributed by atoms with Crippen molar-refractivity contribution in [1.82, 2.24) is 19.6 Å². The van der Waals surface area contributed by atoms with E-state index in [1.807, 2.05) is 0 Å². The lowest BCUT2D eigenvalue weighted by Gasteiger charge is -2.09. The van der Waals surface area contributed by atoms with Crippen LogP contribution in [0.15, 0.2) is 29.1 Å². The molecular weight excluding hydrogens is 320 g/mol. The van der Waals surface area contributed by atoms with Crippen molar-refractivity contribution in [2.75, 3.05) is 10.6 Å². The summed E-state index contributed by atoms with van der Waals surface area (Å²) in [5.41, 5.74) is 0.435. The molecule has 0 unspecified atom stereocenters. The molecule has 2 amide bonds. The molecule has 0 bridgehead atoms. The zero-order valence-corrected chi connectivity index (χ0v) is 13.1. The van der Waals surface area contributed by atoms with Gasteiger partial charge in [-0.25, -0.2) is 9.78 Å². The van der Waals surface area contributed by atoms with Crippen molar-refractivity contribution in [3.05, 3.63) is 51.2 Å². The van der Waals surface area contributed by atoms with Gasteiger partial charge in [-0.15, -0.1) is 0 Å². The number of H-pyrrole nitrogens is 1. The van der Waals surface area contributed by atoms with Crippen molar-refractivity contribution in [2.24, 2.45) is 0 Å². The number of fused-ring (bicyclic) bond motifs is 1. The number of urea groups is 1. The summed E-state index contributed by atoms with van der Waals surface area (Å²) in [6, 6.07) is 6.21. The van der Waals surface area contributed by atoms with Gasteiger partial charge in [0.1, 0.15) is 11.5 Å². The van der Waals surface area contributed by atoms with Gasteiger partial charge in [-0.1, -0.05) is 23.7 Å². The summed E-state index contributed by atoms with van der Waals surface area (Å²) in [7, 11) is 0. The third-order valence-electron chi connectivity index (χ3n) is 3.15. The number of nitrogens with zero attached hydrogens (tertiary/aromatic N) is 3. The summed E-state index contributed by atoms with van der Waals surface area (Å²) in [4.78, 5) is 32.8. The molecule has 3 N–H and O–H groups in total. The first-order valence-electron chi connectivity index (χ1n) is 6.74. The average molecular weight is 333 g/mol. The van der Waals surface area contributed by atoms with Gasteiger partial charge in [-0.2, -0.15) is 9.50 Å². The SMILES string of the molecule is Cc1nc2nc(C)c(NC(=O)Nc3ccccc3Cl)c(=O)n2[nH]1. The Balaban J connectivity index is 1.91. The zero-order valence-electron chi connectivity index (χ0n) is 12.3. The molecule has 0 aliphatic carbocycles. The van der Waals surface area contributed by atoms with Crippen LogP contribution in [0.5, 0.6) is 0 Å². The van der Waals surface area contributed by atoms with Crippen LogP contribution in [-0.2, 0) is 0 Å². The number of para-hydroxylation sites is 1. The third-order valence-corrected chi connectivity index (χ3v) is 3.48. The van der Waals surface area contributed by atoms with Gasteiger partial charge in [-0.05, 0) is 26.0 Å². The molecule has 3 rings (SSSR count). The number of aromatic nitrogens is 4. The molecule has 1 aromatic carbocycles. The molecular formula is C14H13ClN6O2. The fourth-order valence-electron chi connectivity index (χ4n) is 2.10. The highest BCUT2D eigenvalue weighted by molar-refractivity contribution is 6.33. The van der Waals surface area contributed by atoms with E-state index in [1.165, 1.54) is 4.52 Å². The number of benzene rings is 1. The lowest BCUT2D eigenvalue weighted by atomic mass is 10.3. The van der Waals surface area contributed by atoms with Gasteiger partial charge in [0.15, 0.2) is 0 Å².